The molecule has 0 fully saturated rings. The van der Waals surface area contributed by atoms with E-state index in [4.69, 9.17) is 25.8 Å². The molecule has 1 aromatic heterocycles. The van der Waals surface area contributed by atoms with E-state index >= 15 is 0 Å². The van der Waals surface area contributed by atoms with E-state index in [0.29, 0.717) is 47.7 Å². The number of urea groups is 1. The number of carbonyl (C=O) groups is 1. The van der Waals surface area contributed by atoms with Crippen molar-refractivity contribution in [2.24, 2.45) is 5.41 Å². The van der Waals surface area contributed by atoms with Gasteiger partial charge in [0.25, 0.3) is 0 Å². The molecule has 3 rings (SSSR count). The van der Waals surface area contributed by atoms with Crippen molar-refractivity contribution < 1.29 is 19.0 Å². The second kappa shape index (κ2) is 12.5. The van der Waals surface area contributed by atoms with E-state index in [1.807, 2.05) is 24.3 Å². The summed E-state index contributed by atoms with van der Waals surface area (Å²) in [7, 11) is 1.61. The Morgan fingerprint density at radius 2 is 1.80 bits per heavy atom. The first-order chi connectivity index (χ1) is 16.8. The average Bonchev–Trinajstić information content (AvgIpc) is 2.82. The first-order valence-electron chi connectivity index (χ1n) is 11.8. The molecule has 2 N–H and O–H groups in total. The number of hydrogen-bond acceptors (Lipinski definition) is 5. The lowest BCUT2D eigenvalue weighted by molar-refractivity contribution is 0.250. The molecule has 8 heteroatoms. The van der Waals surface area contributed by atoms with Crippen molar-refractivity contribution in [3.05, 3.63) is 48.7 Å². The Balaban J connectivity index is 1.67. The Kier molecular flexibility index (Phi) is 9.43. The molecule has 0 aliphatic rings. The van der Waals surface area contributed by atoms with Gasteiger partial charge in [0.2, 0.25) is 0 Å². The number of carbonyl (C=O) groups excluding carboxylic acids is 1. The highest BCUT2D eigenvalue weighted by Crippen LogP contribution is 2.37. The second-order valence-corrected chi connectivity index (χ2v) is 9.77. The summed E-state index contributed by atoms with van der Waals surface area (Å²) < 4.78 is 17.5. The quantitative estimate of drug-likeness (QED) is 0.219. The van der Waals surface area contributed by atoms with Crippen LogP contribution in [-0.2, 0) is 0 Å². The highest BCUT2D eigenvalue weighted by atomic mass is 35.5. The molecule has 1 heterocycles. The predicted octanol–water partition coefficient (Wildman–Crippen LogP) is 6.99. The molecule has 188 valence electrons. The van der Waals surface area contributed by atoms with Gasteiger partial charge < -0.3 is 24.8 Å². The Hall–Kier alpha value is -3.19. The van der Waals surface area contributed by atoms with Crippen molar-refractivity contribution in [3.8, 4) is 23.0 Å². The monoisotopic (exact) mass is 499 g/mol. The molecule has 3 aromatic rings. The normalized spacial score (nSPS) is 11.2. The predicted molar refractivity (Wildman–Crippen MR) is 141 cm³/mol. The molecule has 2 amide bonds. The van der Waals surface area contributed by atoms with Crippen molar-refractivity contribution in [1.29, 1.82) is 0 Å². The maximum Gasteiger partial charge on any atom is 0.319 e. The van der Waals surface area contributed by atoms with Crippen LogP contribution in [0.3, 0.4) is 0 Å². The molecule has 35 heavy (non-hydrogen) atoms. The molecule has 0 unspecified atom stereocenters. The summed E-state index contributed by atoms with van der Waals surface area (Å²) in [6.45, 7) is 7.61. The fourth-order valence-electron chi connectivity index (χ4n) is 3.33. The summed E-state index contributed by atoms with van der Waals surface area (Å²) in [6, 6.07) is 12.5. The number of hydrogen-bond donors (Lipinski definition) is 2. The average molecular weight is 500 g/mol. The number of unbranched alkanes of at least 4 members (excludes halogenated alkanes) is 1. The first kappa shape index (κ1) is 26.4. The van der Waals surface area contributed by atoms with E-state index in [1.165, 1.54) is 0 Å². The van der Waals surface area contributed by atoms with E-state index in [0.717, 1.165) is 30.2 Å². The smallest absolute Gasteiger partial charge is 0.319 e. The molecule has 0 aliphatic carbocycles. The molecule has 2 aromatic carbocycles. The molecule has 0 saturated heterocycles. The molecule has 0 atom stereocenters. The number of rotatable bonds is 11. The summed E-state index contributed by atoms with van der Waals surface area (Å²) in [5.41, 5.74) is 1.59. The Morgan fingerprint density at radius 1 is 1.03 bits per heavy atom. The Morgan fingerprint density at radius 3 is 2.49 bits per heavy atom. The zero-order valence-electron chi connectivity index (χ0n) is 20.8. The number of ether oxygens (including phenoxy) is 3. The number of nitrogens with one attached hydrogen (secondary N) is 2. The van der Waals surface area contributed by atoms with Crippen LogP contribution in [0.4, 0.5) is 10.5 Å². The van der Waals surface area contributed by atoms with Gasteiger partial charge in [-0.15, -0.1) is 11.6 Å². The minimum atomic E-state index is -0.226. The number of alkyl halides is 1. The van der Waals surface area contributed by atoms with Crippen LogP contribution in [0.1, 0.15) is 40.0 Å². The third kappa shape index (κ3) is 8.21. The van der Waals surface area contributed by atoms with Gasteiger partial charge in [-0.3, -0.25) is 4.98 Å². The fraction of sp³-hybridized carbons (Fsp3) is 0.407. The number of pyridine rings is 1. The van der Waals surface area contributed by atoms with Crippen LogP contribution in [0.15, 0.2) is 48.7 Å². The van der Waals surface area contributed by atoms with Gasteiger partial charge in [0, 0.05) is 35.8 Å². The highest BCUT2D eigenvalue weighted by Gasteiger charge is 2.13. The van der Waals surface area contributed by atoms with E-state index in [9.17, 15) is 4.79 Å². The third-order valence-corrected chi connectivity index (χ3v) is 5.54. The van der Waals surface area contributed by atoms with Gasteiger partial charge in [-0.2, -0.15) is 0 Å². The Labute approximate surface area is 212 Å². The maximum atomic E-state index is 12.1. The Bertz CT molecular complexity index is 1110. The number of methoxy groups -OCH3 is 1. The number of amides is 2. The summed E-state index contributed by atoms with van der Waals surface area (Å²) in [5, 5.41) is 6.53. The van der Waals surface area contributed by atoms with Gasteiger partial charge in [-0.1, -0.05) is 20.8 Å². The van der Waals surface area contributed by atoms with Crippen LogP contribution in [0.5, 0.6) is 23.0 Å². The molecule has 0 spiro atoms. The third-order valence-electron chi connectivity index (χ3n) is 5.27. The summed E-state index contributed by atoms with van der Waals surface area (Å²) in [5.74, 6) is 3.13. The maximum absolute atomic E-state index is 12.1. The molecule has 0 saturated carbocycles. The first-order valence-corrected chi connectivity index (χ1v) is 12.3. The molecular formula is C27H34ClN3O4. The number of aromatic nitrogens is 1. The van der Waals surface area contributed by atoms with Crippen LogP contribution in [0.25, 0.3) is 10.9 Å². The van der Waals surface area contributed by atoms with Gasteiger partial charge >= 0.3 is 6.03 Å². The summed E-state index contributed by atoms with van der Waals surface area (Å²) in [4.78, 5) is 16.6. The second-order valence-electron chi connectivity index (χ2n) is 9.39. The van der Waals surface area contributed by atoms with E-state index in [2.05, 4.69) is 36.4 Å². The molecular weight excluding hydrogens is 466 g/mol. The van der Waals surface area contributed by atoms with Crippen LogP contribution in [-0.4, -0.2) is 37.2 Å². The van der Waals surface area contributed by atoms with Gasteiger partial charge in [-0.05, 0) is 61.1 Å². The highest BCUT2D eigenvalue weighted by molar-refractivity contribution is 6.17. The van der Waals surface area contributed by atoms with E-state index in [-0.39, 0.29) is 11.4 Å². The van der Waals surface area contributed by atoms with Gasteiger partial charge in [-0.25, -0.2) is 4.79 Å². The number of nitrogens with zero attached hydrogens (tertiary/aromatic N) is 1. The minimum absolute atomic E-state index is 0.173. The van der Waals surface area contributed by atoms with Crippen molar-refractivity contribution >= 4 is 34.2 Å². The molecule has 7 nitrogen and oxygen atoms in total. The van der Waals surface area contributed by atoms with Gasteiger partial charge in [0.05, 0.1) is 19.2 Å². The number of anilines is 1. The van der Waals surface area contributed by atoms with Gasteiger partial charge in [0.15, 0.2) is 11.5 Å². The van der Waals surface area contributed by atoms with Crippen molar-refractivity contribution in [2.45, 2.75) is 40.0 Å². The number of fused-ring (bicyclic) bond motifs is 1. The van der Waals surface area contributed by atoms with Crippen molar-refractivity contribution in [1.82, 2.24) is 10.3 Å². The van der Waals surface area contributed by atoms with Crippen molar-refractivity contribution in [2.75, 3.05) is 31.5 Å². The van der Waals surface area contributed by atoms with Crippen LogP contribution >= 0.6 is 11.6 Å². The van der Waals surface area contributed by atoms with Gasteiger partial charge in [0.1, 0.15) is 11.5 Å². The van der Waals surface area contributed by atoms with E-state index in [1.54, 1.807) is 31.5 Å². The zero-order valence-corrected chi connectivity index (χ0v) is 21.6. The lowest BCUT2D eigenvalue weighted by Crippen LogP contribution is -2.31. The number of benzene rings is 2. The summed E-state index contributed by atoms with van der Waals surface area (Å²) >= 11 is 5.74. The standard InChI is InChI=1S/C27H34ClN3O4/c1-27(2,3)12-15-30-26(32)31-19-7-9-20(10-8-19)35-23-11-14-29-22-18-25(34-16-6-5-13-28)24(33-4)17-21(22)23/h7-11,14,17-18H,5-6,12-13,15-16H2,1-4H3,(H2,30,31,32). The fourth-order valence-corrected chi connectivity index (χ4v) is 3.52. The zero-order chi connectivity index (χ0) is 25.3. The van der Waals surface area contributed by atoms with Crippen LogP contribution in [0, 0.1) is 5.41 Å². The SMILES string of the molecule is COc1cc2c(Oc3ccc(NC(=O)NCCC(C)(C)C)cc3)ccnc2cc1OCCCCCl. The topological polar surface area (TPSA) is 81.7 Å². The molecule has 0 aliphatic heterocycles. The van der Waals surface area contributed by atoms with E-state index < -0.39 is 0 Å². The summed E-state index contributed by atoms with van der Waals surface area (Å²) in [6.07, 6.45) is 4.35. The largest absolute Gasteiger partial charge is 0.493 e. The molecule has 0 radical (unpaired) electrons. The molecule has 0 bridgehead atoms. The number of halogens is 1. The van der Waals surface area contributed by atoms with Crippen LogP contribution < -0.4 is 24.8 Å². The minimum Gasteiger partial charge on any atom is -0.493 e. The lowest BCUT2D eigenvalue weighted by Gasteiger charge is -2.18. The lowest BCUT2D eigenvalue weighted by atomic mass is 9.92. The van der Waals surface area contributed by atoms with Crippen molar-refractivity contribution in [3.63, 3.8) is 0 Å². The van der Waals surface area contributed by atoms with Crippen LogP contribution in [0.2, 0.25) is 0 Å².